The maximum atomic E-state index is 12.1. The van der Waals surface area contributed by atoms with Gasteiger partial charge in [-0.3, -0.25) is 4.79 Å². The van der Waals surface area contributed by atoms with Gasteiger partial charge >= 0.3 is 5.97 Å². The molecule has 6 heteroatoms. The molecule has 0 radical (unpaired) electrons. The van der Waals surface area contributed by atoms with Gasteiger partial charge in [0.1, 0.15) is 6.29 Å². The topological polar surface area (TPSA) is 98.9 Å². The van der Waals surface area contributed by atoms with E-state index >= 15 is 0 Å². The molecule has 0 spiro atoms. The smallest absolute Gasteiger partial charge is 0.338 e. The first-order valence-corrected chi connectivity index (χ1v) is 7.61. The van der Waals surface area contributed by atoms with Crippen LogP contribution in [0.25, 0.3) is 0 Å². The van der Waals surface area contributed by atoms with E-state index in [0.29, 0.717) is 16.8 Å². The Bertz CT molecular complexity index is 624. The molecule has 4 atom stereocenters. The number of rotatable bonds is 4. The lowest BCUT2D eigenvalue weighted by atomic mass is 9.84. The number of carbonyl (C=O) groups is 2. The fraction of sp³-hybridized carbons (Fsp3) is 0.412. The molecule has 6 nitrogen and oxygen atoms in total. The minimum atomic E-state index is -0.966. The van der Waals surface area contributed by atoms with Crippen molar-refractivity contribution >= 4 is 17.9 Å². The predicted molar refractivity (Wildman–Crippen MR) is 82.1 cm³/mol. The number of fused-ring (bicyclic) bond motifs is 1. The molecule has 1 aliphatic heterocycles. The molecule has 1 aromatic carbocycles. The van der Waals surface area contributed by atoms with Gasteiger partial charge in [-0.1, -0.05) is 0 Å². The zero-order valence-electron chi connectivity index (χ0n) is 12.6. The molecular formula is C17H19NO5. The predicted octanol–water partition coefficient (Wildman–Crippen LogP) is 1.50. The summed E-state index contributed by atoms with van der Waals surface area (Å²) in [6, 6.07) is 6.51. The van der Waals surface area contributed by atoms with Crippen LogP contribution in [0.3, 0.4) is 0 Å². The van der Waals surface area contributed by atoms with E-state index in [1.165, 1.54) is 6.26 Å². The van der Waals surface area contributed by atoms with E-state index in [-0.39, 0.29) is 24.4 Å². The number of aldehydes is 1. The largest absolute Gasteiger partial charge is 0.472 e. The Labute approximate surface area is 133 Å². The number of hydrogen-bond donors (Lipinski definition) is 2. The molecule has 122 valence electrons. The normalized spacial score (nSPS) is 29.2. The van der Waals surface area contributed by atoms with Gasteiger partial charge in [-0.2, -0.15) is 0 Å². The van der Waals surface area contributed by atoms with Gasteiger partial charge in [-0.25, -0.2) is 4.79 Å². The summed E-state index contributed by atoms with van der Waals surface area (Å²) < 4.78 is 10.5. The molecule has 4 unspecified atom stereocenters. The Morgan fingerprint density at radius 2 is 2.09 bits per heavy atom. The quantitative estimate of drug-likeness (QED) is 0.496. The zero-order chi connectivity index (χ0) is 16.4. The molecule has 1 aromatic rings. The Morgan fingerprint density at radius 1 is 1.35 bits per heavy atom. The molecule has 1 fully saturated rings. The van der Waals surface area contributed by atoms with E-state index in [4.69, 9.17) is 15.2 Å². The maximum absolute atomic E-state index is 12.1. The zero-order valence-corrected chi connectivity index (χ0v) is 12.6. The van der Waals surface area contributed by atoms with Gasteiger partial charge < -0.3 is 20.3 Å². The number of anilines is 1. The Balaban J connectivity index is 1.63. The summed E-state index contributed by atoms with van der Waals surface area (Å²) in [6.07, 6.45) is 2.69. The Kier molecular flexibility index (Phi) is 4.34. The van der Waals surface area contributed by atoms with Crippen LogP contribution in [0.1, 0.15) is 23.2 Å². The van der Waals surface area contributed by atoms with Crippen molar-refractivity contribution in [2.45, 2.75) is 19.1 Å². The fourth-order valence-corrected chi connectivity index (χ4v) is 3.45. The van der Waals surface area contributed by atoms with Crippen molar-refractivity contribution in [1.29, 1.82) is 0 Å². The first kappa shape index (κ1) is 15.6. The SMILES string of the molecule is Nc1ccc(C(=O)OCC2CCC3C(C=O)=COC(O)C23)cc1. The van der Waals surface area contributed by atoms with E-state index in [0.717, 1.165) is 19.1 Å². The molecule has 1 heterocycles. The number of nitrogen functional groups attached to an aromatic ring is 1. The Hall–Kier alpha value is -2.34. The highest BCUT2D eigenvalue weighted by atomic mass is 16.6. The molecule has 0 saturated heterocycles. The van der Waals surface area contributed by atoms with Crippen molar-refractivity contribution in [3.8, 4) is 0 Å². The second-order valence-electron chi connectivity index (χ2n) is 6.00. The minimum absolute atomic E-state index is 0.0310. The lowest BCUT2D eigenvalue weighted by molar-refractivity contribution is -0.130. The standard InChI is InChI=1S/C17H19NO5/c18-13-4-1-10(2-5-13)16(20)22-8-11-3-6-14-12(7-19)9-23-17(21)15(11)14/h1-2,4-5,7,9,11,14-15,17,21H,3,6,8,18H2. The van der Waals surface area contributed by atoms with Crippen LogP contribution in [-0.2, 0) is 14.3 Å². The van der Waals surface area contributed by atoms with Gasteiger partial charge in [0.25, 0.3) is 0 Å². The minimum Gasteiger partial charge on any atom is -0.472 e. The molecule has 3 N–H and O–H groups in total. The van der Waals surface area contributed by atoms with E-state index in [2.05, 4.69) is 0 Å². The summed E-state index contributed by atoms with van der Waals surface area (Å²) >= 11 is 0. The van der Waals surface area contributed by atoms with Gasteiger partial charge in [0.2, 0.25) is 0 Å². The van der Waals surface area contributed by atoms with Crippen LogP contribution >= 0.6 is 0 Å². The Morgan fingerprint density at radius 3 is 2.78 bits per heavy atom. The van der Waals surface area contributed by atoms with Gasteiger partial charge in [0.05, 0.1) is 18.4 Å². The summed E-state index contributed by atoms with van der Waals surface area (Å²) in [7, 11) is 0. The van der Waals surface area contributed by atoms with Crippen molar-refractivity contribution in [3.63, 3.8) is 0 Å². The second kappa shape index (κ2) is 6.42. The van der Waals surface area contributed by atoms with E-state index in [9.17, 15) is 14.7 Å². The summed E-state index contributed by atoms with van der Waals surface area (Å²) in [4.78, 5) is 23.1. The molecular weight excluding hydrogens is 298 g/mol. The molecule has 1 aliphatic carbocycles. The van der Waals surface area contributed by atoms with E-state index in [1.54, 1.807) is 24.3 Å². The summed E-state index contributed by atoms with van der Waals surface area (Å²) in [6.45, 7) is 0.191. The van der Waals surface area contributed by atoms with Crippen LogP contribution in [-0.4, -0.2) is 30.3 Å². The average molecular weight is 317 g/mol. The van der Waals surface area contributed by atoms with Crippen LogP contribution in [0.5, 0.6) is 0 Å². The van der Waals surface area contributed by atoms with Gasteiger partial charge in [-0.05, 0) is 43.0 Å². The third-order valence-corrected chi connectivity index (χ3v) is 4.67. The highest BCUT2D eigenvalue weighted by Gasteiger charge is 2.45. The van der Waals surface area contributed by atoms with Gasteiger partial charge in [-0.15, -0.1) is 0 Å². The summed E-state index contributed by atoms with van der Waals surface area (Å²) in [5.74, 6) is -0.710. The third kappa shape index (κ3) is 3.07. The number of allylic oxidation sites excluding steroid dienone is 1. The summed E-state index contributed by atoms with van der Waals surface area (Å²) in [5.41, 5.74) is 7.16. The monoisotopic (exact) mass is 317 g/mol. The first-order valence-electron chi connectivity index (χ1n) is 7.61. The van der Waals surface area contributed by atoms with Gasteiger partial charge in [0.15, 0.2) is 6.29 Å². The molecule has 0 bridgehead atoms. The number of ether oxygens (including phenoxy) is 2. The van der Waals surface area contributed by atoms with Crippen LogP contribution < -0.4 is 5.73 Å². The molecule has 0 amide bonds. The average Bonchev–Trinajstić information content (AvgIpc) is 2.99. The van der Waals surface area contributed by atoms with Crippen molar-refractivity contribution < 1.29 is 24.2 Å². The van der Waals surface area contributed by atoms with Crippen LogP contribution in [0.4, 0.5) is 5.69 Å². The van der Waals surface area contributed by atoms with Crippen molar-refractivity contribution in [2.24, 2.45) is 17.8 Å². The maximum Gasteiger partial charge on any atom is 0.338 e. The fourth-order valence-electron chi connectivity index (χ4n) is 3.45. The molecule has 3 rings (SSSR count). The third-order valence-electron chi connectivity index (χ3n) is 4.67. The number of aliphatic hydroxyl groups excluding tert-OH is 1. The molecule has 2 aliphatic rings. The summed E-state index contributed by atoms with van der Waals surface area (Å²) in [5, 5.41) is 10.0. The number of aliphatic hydroxyl groups is 1. The first-order chi connectivity index (χ1) is 11.1. The number of hydrogen-bond acceptors (Lipinski definition) is 6. The van der Waals surface area contributed by atoms with E-state index < -0.39 is 12.3 Å². The second-order valence-corrected chi connectivity index (χ2v) is 6.00. The number of nitrogens with two attached hydrogens (primary N) is 1. The lowest BCUT2D eigenvalue weighted by Crippen LogP contribution is -2.36. The van der Waals surface area contributed by atoms with Crippen molar-refractivity contribution in [1.82, 2.24) is 0 Å². The van der Waals surface area contributed by atoms with Crippen LogP contribution in [0.2, 0.25) is 0 Å². The highest BCUT2D eigenvalue weighted by molar-refractivity contribution is 5.89. The molecule has 0 aromatic heterocycles. The van der Waals surface area contributed by atoms with E-state index in [1.807, 2.05) is 0 Å². The van der Waals surface area contributed by atoms with Crippen molar-refractivity contribution in [3.05, 3.63) is 41.7 Å². The van der Waals surface area contributed by atoms with Crippen LogP contribution in [0, 0.1) is 17.8 Å². The highest BCUT2D eigenvalue weighted by Crippen LogP contribution is 2.45. The number of carbonyl (C=O) groups excluding carboxylic acids is 2. The molecule has 23 heavy (non-hydrogen) atoms. The van der Waals surface area contributed by atoms with Crippen molar-refractivity contribution in [2.75, 3.05) is 12.3 Å². The van der Waals surface area contributed by atoms with Crippen LogP contribution in [0.15, 0.2) is 36.1 Å². The lowest BCUT2D eigenvalue weighted by Gasteiger charge is -2.32. The number of esters is 1. The van der Waals surface area contributed by atoms with Gasteiger partial charge in [0, 0.05) is 23.1 Å². The number of benzene rings is 1. The molecule has 1 saturated carbocycles.